The second-order valence-corrected chi connectivity index (χ2v) is 16.5. The lowest BCUT2D eigenvalue weighted by atomic mass is 10.2. The van der Waals surface area contributed by atoms with Gasteiger partial charge in [0.2, 0.25) is 0 Å². The van der Waals surface area contributed by atoms with Crippen LogP contribution >= 0.6 is 14.3 Å². The van der Waals surface area contributed by atoms with Crippen molar-refractivity contribution in [2.75, 3.05) is 13.1 Å². The van der Waals surface area contributed by atoms with Gasteiger partial charge in [-0.05, 0) is 5.56 Å². The Bertz CT molecular complexity index is 1440. The molecular weight excluding hydrogens is 528 g/mol. The molecule has 5 heteroatoms. The number of hydrogen-bond acceptors (Lipinski definition) is 3. The minimum Gasteiger partial charge on any atom is -0.313 e. The second-order valence-electron chi connectivity index (χ2n) is 10.5. The van der Waals surface area contributed by atoms with Crippen molar-refractivity contribution in [3.63, 3.8) is 0 Å². The summed E-state index contributed by atoms with van der Waals surface area (Å²) >= 11 is 0. The van der Waals surface area contributed by atoms with Crippen LogP contribution in [0, 0.1) is 0 Å². The molecule has 0 N–H and O–H groups in total. The molecule has 0 amide bonds. The molecule has 0 unspecified atom stereocenters. The lowest BCUT2D eigenvalue weighted by molar-refractivity contribution is 0.331. The normalized spacial score (nSPS) is 18.0. The summed E-state index contributed by atoms with van der Waals surface area (Å²) in [5.74, 6) is 0. The lowest BCUT2D eigenvalue weighted by Crippen LogP contribution is -2.38. The molecule has 0 aliphatic carbocycles. The van der Waals surface area contributed by atoms with Gasteiger partial charge < -0.3 is 9.13 Å². The van der Waals surface area contributed by atoms with Crippen LogP contribution < -0.4 is 21.2 Å². The van der Waals surface area contributed by atoms with Gasteiger partial charge >= 0.3 is 0 Å². The third kappa shape index (κ3) is 4.95. The molecule has 0 saturated carbocycles. The minimum atomic E-state index is -3.22. The molecule has 3 nitrogen and oxygen atoms in total. The Labute approximate surface area is 237 Å². The smallest absolute Gasteiger partial charge is 0.148 e. The largest absolute Gasteiger partial charge is 0.313 e. The number of hydrogen-bond donors (Lipinski definition) is 0. The van der Waals surface area contributed by atoms with Gasteiger partial charge in [0.25, 0.3) is 0 Å². The van der Waals surface area contributed by atoms with Crippen LogP contribution in [-0.4, -0.2) is 29.3 Å². The van der Waals surface area contributed by atoms with E-state index in [2.05, 4.69) is 29.2 Å². The van der Waals surface area contributed by atoms with E-state index >= 15 is 9.13 Å². The molecule has 1 aliphatic heterocycles. The first kappa shape index (κ1) is 26.7. The van der Waals surface area contributed by atoms with Crippen LogP contribution in [0.2, 0.25) is 0 Å². The van der Waals surface area contributed by atoms with Gasteiger partial charge in [-0.2, -0.15) is 0 Å². The van der Waals surface area contributed by atoms with Crippen LogP contribution in [0.15, 0.2) is 152 Å². The molecule has 1 heterocycles. The monoisotopic (exact) mass is 561 g/mol. The van der Waals surface area contributed by atoms with Crippen LogP contribution in [0.25, 0.3) is 0 Å². The fraction of sp³-hybridized carbons (Fsp3) is 0.143. The highest BCUT2D eigenvalue weighted by atomic mass is 31.2. The fourth-order valence-electron chi connectivity index (χ4n) is 6.19. The summed E-state index contributed by atoms with van der Waals surface area (Å²) in [4.78, 5) is 2.36. The summed E-state index contributed by atoms with van der Waals surface area (Å²) in [6, 6.07) is 49.8. The topological polar surface area (TPSA) is 37.4 Å². The van der Waals surface area contributed by atoms with E-state index in [0.717, 1.165) is 27.8 Å². The third-order valence-corrected chi connectivity index (χ3v) is 15.5. The second kappa shape index (κ2) is 11.6. The molecule has 1 saturated heterocycles. The standard InChI is InChI=1S/C35H33NO2P2/c37-39(30-18-8-2-9-19-30,31-20-10-3-11-21-31)34-27-36(26-29-16-6-1-7-17-29)28-35(34)40(38,32-22-12-4-13-23-32)33-24-14-5-15-25-33/h1-25,34-35H,26-28H2/t34-,35-/m1/s1. The third-order valence-electron chi connectivity index (χ3n) is 8.08. The van der Waals surface area contributed by atoms with Crippen molar-refractivity contribution >= 4 is 35.5 Å². The molecule has 5 aromatic rings. The van der Waals surface area contributed by atoms with Crippen LogP contribution in [0.5, 0.6) is 0 Å². The quantitative estimate of drug-likeness (QED) is 0.210. The molecule has 1 aliphatic rings. The number of likely N-dealkylation sites (tertiary alicyclic amines) is 1. The zero-order valence-electron chi connectivity index (χ0n) is 22.4. The van der Waals surface area contributed by atoms with E-state index in [4.69, 9.17) is 0 Å². The maximum Gasteiger partial charge on any atom is 0.148 e. The van der Waals surface area contributed by atoms with E-state index in [1.807, 2.05) is 127 Å². The molecule has 0 spiro atoms. The fourth-order valence-corrected chi connectivity index (χ4v) is 14.0. The predicted molar refractivity (Wildman–Crippen MR) is 169 cm³/mol. The summed E-state index contributed by atoms with van der Waals surface area (Å²) in [5.41, 5.74) is 0.546. The molecule has 2 atom stereocenters. The average molecular weight is 562 g/mol. The van der Waals surface area contributed by atoms with Crippen LogP contribution in [-0.2, 0) is 15.7 Å². The molecule has 5 aromatic carbocycles. The molecule has 0 aromatic heterocycles. The molecule has 0 radical (unpaired) electrons. The van der Waals surface area contributed by atoms with Crippen molar-refractivity contribution in [2.45, 2.75) is 17.9 Å². The molecule has 40 heavy (non-hydrogen) atoms. The van der Waals surface area contributed by atoms with Gasteiger partial charge in [0.15, 0.2) is 0 Å². The summed E-state index contributed by atoms with van der Waals surface area (Å²) in [6.45, 7) is 1.93. The average Bonchev–Trinajstić information content (AvgIpc) is 3.47. The van der Waals surface area contributed by atoms with Gasteiger partial charge in [0.05, 0.1) is 0 Å². The number of rotatable bonds is 8. The Morgan fingerprint density at radius 2 is 0.725 bits per heavy atom. The van der Waals surface area contributed by atoms with Gasteiger partial charge in [0.1, 0.15) is 14.3 Å². The zero-order valence-corrected chi connectivity index (χ0v) is 24.2. The van der Waals surface area contributed by atoms with E-state index in [1.165, 1.54) is 5.56 Å². The molecule has 0 bridgehead atoms. The van der Waals surface area contributed by atoms with E-state index in [0.29, 0.717) is 13.1 Å². The van der Waals surface area contributed by atoms with Gasteiger partial charge in [-0.3, -0.25) is 4.90 Å². The Morgan fingerprint density at radius 3 is 1.02 bits per heavy atom. The predicted octanol–water partition coefficient (Wildman–Crippen LogP) is 6.27. The van der Waals surface area contributed by atoms with Crippen LogP contribution in [0.4, 0.5) is 0 Å². The minimum absolute atomic E-state index is 0.327. The maximum atomic E-state index is 15.8. The summed E-state index contributed by atoms with van der Waals surface area (Å²) in [6.07, 6.45) is 0. The van der Waals surface area contributed by atoms with Crippen molar-refractivity contribution in [3.05, 3.63) is 157 Å². The number of benzene rings is 5. The van der Waals surface area contributed by atoms with Crippen LogP contribution in [0.1, 0.15) is 5.56 Å². The van der Waals surface area contributed by atoms with Crippen LogP contribution in [0.3, 0.4) is 0 Å². The number of nitrogens with zero attached hydrogens (tertiary/aromatic N) is 1. The maximum absolute atomic E-state index is 15.8. The molecular formula is C35H33NO2P2. The highest BCUT2D eigenvalue weighted by Gasteiger charge is 2.54. The summed E-state index contributed by atoms with van der Waals surface area (Å²) < 4.78 is 31.6. The first-order chi connectivity index (χ1) is 19.6. The highest BCUT2D eigenvalue weighted by Crippen LogP contribution is 2.62. The van der Waals surface area contributed by atoms with E-state index in [9.17, 15) is 0 Å². The van der Waals surface area contributed by atoms with Crippen molar-refractivity contribution < 1.29 is 9.13 Å². The van der Waals surface area contributed by atoms with E-state index < -0.39 is 14.3 Å². The summed E-state index contributed by atoms with van der Waals surface area (Å²) in [7, 11) is -6.44. The Morgan fingerprint density at radius 1 is 0.450 bits per heavy atom. The van der Waals surface area contributed by atoms with Crippen molar-refractivity contribution in [1.82, 2.24) is 4.90 Å². The van der Waals surface area contributed by atoms with E-state index in [-0.39, 0.29) is 11.3 Å². The van der Waals surface area contributed by atoms with Crippen molar-refractivity contribution in [2.24, 2.45) is 0 Å². The molecule has 200 valence electrons. The van der Waals surface area contributed by atoms with Gasteiger partial charge in [-0.1, -0.05) is 152 Å². The lowest BCUT2D eigenvalue weighted by Gasteiger charge is -2.34. The van der Waals surface area contributed by atoms with Gasteiger partial charge in [-0.25, -0.2) is 0 Å². The first-order valence-corrected chi connectivity index (χ1v) is 17.3. The Hall–Kier alpha value is -3.48. The highest BCUT2D eigenvalue weighted by molar-refractivity contribution is 7.83. The zero-order chi connectivity index (χ0) is 27.4. The van der Waals surface area contributed by atoms with Gasteiger partial charge in [-0.15, -0.1) is 0 Å². The first-order valence-electron chi connectivity index (χ1n) is 13.8. The van der Waals surface area contributed by atoms with Crippen molar-refractivity contribution in [1.29, 1.82) is 0 Å². The SMILES string of the molecule is O=P(c1ccccc1)(c1ccccc1)[C@@H]1CN(Cc2ccccc2)C[C@H]1P(=O)(c1ccccc1)c1ccccc1. The molecule has 6 rings (SSSR count). The Kier molecular flexibility index (Phi) is 7.72. The van der Waals surface area contributed by atoms with Crippen molar-refractivity contribution in [3.8, 4) is 0 Å². The van der Waals surface area contributed by atoms with Gasteiger partial charge in [0, 0.05) is 52.2 Å². The summed E-state index contributed by atoms with van der Waals surface area (Å²) in [5, 5.41) is 3.30. The Balaban J connectivity index is 1.56. The molecule has 1 fully saturated rings. The van der Waals surface area contributed by atoms with E-state index in [1.54, 1.807) is 0 Å².